The van der Waals surface area contributed by atoms with Crippen LogP contribution in [0.2, 0.25) is 0 Å². The number of aromatic hydroxyl groups is 1. The first kappa shape index (κ1) is 12.6. The fraction of sp³-hybridized carbons (Fsp3) is 0. The van der Waals surface area contributed by atoms with Crippen molar-refractivity contribution in [3.05, 3.63) is 56.1 Å². The zero-order valence-corrected chi connectivity index (χ0v) is 11.2. The monoisotopic (exact) mass is 357 g/mol. The maximum absolute atomic E-state index is 10.8. The first-order valence-corrected chi connectivity index (χ1v) is 6.05. The highest BCUT2D eigenvalue weighted by molar-refractivity contribution is 14.1. The number of phenols is 1. The van der Waals surface area contributed by atoms with E-state index in [0.29, 0.717) is 9.32 Å². The van der Waals surface area contributed by atoms with E-state index in [1.54, 1.807) is 24.3 Å². The first-order valence-electron chi connectivity index (χ1n) is 4.97. The van der Waals surface area contributed by atoms with Gasteiger partial charge >= 0.3 is 5.69 Å². The molecule has 0 unspecified atom stereocenters. The molecule has 5 nitrogen and oxygen atoms in total. The van der Waals surface area contributed by atoms with E-state index in [2.05, 4.69) is 0 Å². The second kappa shape index (κ2) is 5.21. The second-order valence-corrected chi connectivity index (χ2v) is 4.60. The molecule has 0 bridgehead atoms. The molecule has 0 aliphatic heterocycles. The summed E-state index contributed by atoms with van der Waals surface area (Å²) in [7, 11) is 0. The average molecular weight is 357 g/mol. The van der Waals surface area contributed by atoms with Crippen LogP contribution in [0.1, 0.15) is 0 Å². The lowest BCUT2D eigenvalue weighted by Crippen LogP contribution is -1.93. The lowest BCUT2D eigenvalue weighted by atomic mass is 10.3. The molecule has 0 aromatic heterocycles. The van der Waals surface area contributed by atoms with Crippen molar-refractivity contribution in [1.82, 2.24) is 0 Å². The third-order valence-electron chi connectivity index (χ3n) is 2.21. The highest BCUT2D eigenvalue weighted by Crippen LogP contribution is 2.32. The van der Waals surface area contributed by atoms with Gasteiger partial charge in [-0.25, -0.2) is 0 Å². The summed E-state index contributed by atoms with van der Waals surface area (Å²) in [6, 6.07) is 10.8. The van der Waals surface area contributed by atoms with E-state index < -0.39 is 4.92 Å². The third-order valence-corrected chi connectivity index (χ3v) is 3.07. The maximum Gasteiger partial charge on any atom is 0.311 e. The number of nitro benzene ring substituents is 1. The molecule has 2 rings (SSSR count). The molecule has 0 aliphatic rings. The predicted octanol–water partition coefficient (Wildman–Crippen LogP) is 3.70. The van der Waals surface area contributed by atoms with E-state index in [1.807, 2.05) is 22.6 Å². The topological polar surface area (TPSA) is 72.6 Å². The molecule has 0 amide bonds. The van der Waals surface area contributed by atoms with Gasteiger partial charge in [0.1, 0.15) is 11.5 Å². The highest BCUT2D eigenvalue weighted by Gasteiger charge is 2.14. The Kier molecular flexibility index (Phi) is 3.66. The molecular formula is C12H8INO4. The number of rotatable bonds is 3. The molecule has 0 spiro atoms. The summed E-state index contributed by atoms with van der Waals surface area (Å²) in [5.41, 5.74) is -0.0967. The summed E-state index contributed by atoms with van der Waals surface area (Å²) in [6.45, 7) is 0. The minimum absolute atomic E-state index is 0.0967. The first-order chi connectivity index (χ1) is 8.58. The van der Waals surface area contributed by atoms with Crippen LogP contribution in [0.4, 0.5) is 5.69 Å². The van der Waals surface area contributed by atoms with E-state index >= 15 is 0 Å². The minimum Gasteiger partial charge on any atom is -0.507 e. The van der Waals surface area contributed by atoms with Gasteiger partial charge in [0.2, 0.25) is 5.75 Å². The number of benzene rings is 2. The summed E-state index contributed by atoms with van der Waals surface area (Å²) in [6.07, 6.45) is 0. The molecule has 0 fully saturated rings. The van der Waals surface area contributed by atoms with Crippen molar-refractivity contribution in [1.29, 1.82) is 0 Å². The maximum atomic E-state index is 10.8. The Morgan fingerprint density at radius 2 is 1.94 bits per heavy atom. The highest BCUT2D eigenvalue weighted by atomic mass is 127. The van der Waals surface area contributed by atoms with Crippen molar-refractivity contribution in [2.45, 2.75) is 0 Å². The lowest BCUT2D eigenvalue weighted by molar-refractivity contribution is -0.385. The number of hydrogen-bond donors (Lipinski definition) is 1. The van der Waals surface area contributed by atoms with Gasteiger partial charge in [-0.05, 0) is 46.9 Å². The van der Waals surface area contributed by atoms with Crippen LogP contribution in [0.25, 0.3) is 0 Å². The minimum atomic E-state index is -0.499. The Morgan fingerprint density at radius 1 is 1.22 bits per heavy atom. The Morgan fingerprint density at radius 3 is 2.61 bits per heavy atom. The van der Waals surface area contributed by atoms with Gasteiger partial charge in [-0.1, -0.05) is 12.1 Å². The quantitative estimate of drug-likeness (QED) is 0.517. The Labute approximate surface area is 116 Å². The van der Waals surface area contributed by atoms with Gasteiger partial charge in [-0.3, -0.25) is 10.1 Å². The fourth-order valence-corrected chi connectivity index (χ4v) is 1.86. The number of nitro groups is 1. The van der Waals surface area contributed by atoms with E-state index in [0.717, 1.165) is 0 Å². The summed E-state index contributed by atoms with van der Waals surface area (Å²) < 4.78 is 6.06. The summed E-state index contributed by atoms with van der Waals surface area (Å²) >= 11 is 1.95. The second-order valence-electron chi connectivity index (χ2n) is 3.44. The largest absolute Gasteiger partial charge is 0.507 e. The molecule has 2 aromatic carbocycles. The van der Waals surface area contributed by atoms with Crippen molar-refractivity contribution >= 4 is 28.3 Å². The molecule has 6 heteroatoms. The van der Waals surface area contributed by atoms with Crippen LogP contribution < -0.4 is 4.74 Å². The van der Waals surface area contributed by atoms with Crippen molar-refractivity contribution < 1.29 is 14.8 Å². The van der Waals surface area contributed by atoms with Gasteiger partial charge in [0.05, 0.1) is 8.49 Å². The Hall–Kier alpha value is -1.83. The van der Waals surface area contributed by atoms with Crippen LogP contribution in [-0.4, -0.2) is 10.0 Å². The smallest absolute Gasteiger partial charge is 0.311 e. The van der Waals surface area contributed by atoms with E-state index in [9.17, 15) is 15.2 Å². The Balaban J connectivity index is 2.34. The van der Waals surface area contributed by atoms with Crippen molar-refractivity contribution in [2.75, 3.05) is 0 Å². The van der Waals surface area contributed by atoms with Gasteiger partial charge in [0.15, 0.2) is 0 Å². The van der Waals surface area contributed by atoms with Crippen LogP contribution in [0.3, 0.4) is 0 Å². The molecule has 0 radical (unpaired) electrons. The molecule has 92 valence electrons. The normalized spacial score (nSPS) is 10.1. The number of ether oxygens (including phenoxy) is 1. The summed E-state index contributed by atoms with van der Waals surface area (Å²) in [4.78, 5) is 10.3. The Bertz CT molecular complexity index is 600. The summed E-state index contributed by atoms with van der Waals surface area (Å²) in [5.74, 6) is 0.751. The number of halogens is 1. The standard InChI is InChI=1S/C12H8INO4/c13-9-7-8(5-6-11(9)15)18-12-4-2-1-3-10(12)14(16)17/h1-7,15H. The molecule has 2 aromatic rings. The van der Waals surface area contributed by atoms with Crippen molar-refractivity contribution in [3.63, 3.8) is 0 Å². The third kappa shape index (κ3) is 2.70. The van der Waals surface area contributed by atoms with Crippen molar-refractivity contribution in [3.8, 4) is 17.2 Å². The van der Waals surface area contributed by atoms with E-state index in [1.165, 1.54) is 18.2 Å². The average Bonchev–Trinajstić information content (AvgIpc) is 2.34. The van der Waals surface area contributed by atoms with Crippen LogP contribution in [0.5, 0.6) is 17.2 Å². The summed E-state index contributed by atoms with van der Waals surface area (Å²) in [5, 5.41) is 20.2. The van der Waals surface area contributed by atoms with Crippen LogP contribution >= 0.6 is 22.6 Å². The van der Waals surface area contributed by atoms with Gasteiger partial charge in [0, 0.05) is 6.07 Å². The SMILES string of the molecule is O=[N+]([O-])c1ccccc1Oc1ccc(O)c(I)c1. The number of phenolic OH excluding ortho intramolecular Hbond substituents is 1. The predicted molar refractivity (Wildman–Crippen MR) is 74.0 cm³/mol. The van der Waals surface area contributed by atoms with Crippen LogP contribution in [0, 0.1) is 13.7 Å². The zero-order valence-electron chi connectivity index (χ0n) is 9.04. The fourth-order valence-electron chi connectivity index (χ4n) is 1.37. The lowest BCUT2D eigenvalue weighted by Gasteiger charge is -2.07. The van der Waals surface area contributed by atoms with Gasteiger partial charge in [-0.2, -0.15) is 0 Å². The number of nitrogens with zero attached hydrogens (tertiary/aromatic N) is 1. The molecule has 0 atom stereocenters. The molecule has 1 N–H and O–H groups in total. The van der Waals surface area contributed by atoms with Gasteiger partial charge < -0.3 is 9.84 Å². The molecule has 18 heavy (non-hydrogen) atoms. The van der Waals surface area contributed by atoms with Crippen molar-refractivity contribution in [2.24, 2.45) is 0 Å². The molecule has 0 heterocycles. The van der Waals surface area contributed by atoms with Crippen LogP contribution in [-0.2, 0) is 0 Å². The molecular weight excluding hydrogens is 349 g/mol. The number of para-hydroxylation sites is 2. The number of hydrogen-bond acceptors (Lipinski definition) is 4. The molecule has 0 saturated heterocycles. The van der Waals surface area contributed by atoms with Crippen LogP contribution in [0.15, 0.2) is 42.5 Å². The van der Waals surface area contributed by atoms with E-state index in [4.69, 9.17) is 4.74 Å². The van der Waals surface area contributed by atoms with Gasteiger partial charge in [-0.15, -0.1) is 0 Å². The van der Waals surface area contributed by atoms with E-state index in [-0.39, 0.29) is 17.2 Å². The molecule has 0 saturated carbocycles. The zero-order chi connectivity index (χ0) is 13.1. The van der Waals surface area contributed by atoms with Gasteiger partial charge in [0.25, 0.3) is 0 Å². The molecule has 0 aliphatic carbocycles.